The first-order chi connectivity index (χ1) is 9.72. The fourth-order valence-corrected chi connectivity index (χ4v) is 3.09. The van der Waals surface area contributed by atoms with E-state index in [1.165, 1.54) is 10.8 Å². The number of hydrogen-bond acceptors (Lipinski definition) is 3. The van der Waals surface area contributed by atoms with Crippen molar-refractivity contribution in [1.29, 1.82) is 0 Å². The smallest absolute Gasteiger partial charge is 0.123 e. The zero-order valence-electron chi connectivity index (χ0n) is 11.2. The summed E-state index contributed by atoms with van der Waals surface area (Å²) in [5.41, 5.74) is 3.14. The van der Waals surface area contributed by atoms with Gasteiger partial charge in [0, 0.05) is 13.1 Å². The second-order valence-corrected chi connectivity index (χ2v) is 5.86. The minimum Gasteiger partial charge on any atom is -0.306 e. The number of para-hydroxylation sites is 1. The molecule has 0 unspecified atom stereocenters. The van der Waals surface area contributed by atoms with E-state index >= 15 is 0 Å². The molecule has 0 saturated heterocycles. The van der Waals surface area contributed by atoms with E-state index < -0.39 is 0 Å². The maximum absolute atomic E-state index is 13.0. The van der Waals surface area contributed by atoms with E-state index in [1.807, 2.05) is 31.2 Å². The van der Waals surface area contributed by atoms with Crippen molar-refractivity contribution in [2.24, 2.45) is 0 Å². The number of nitrogens with one attached hydrogen (secondary N) is 1. The molecule has 0 atom stereocenters. The highest BCUT2D eigenvalue weighted by molar-refractivity contribution is 7.18. The van der Waals surface area contributed by atoms with Gasteiger partial charge in [-0.25, -0.2) is 9.37 Å². The van der Waals surface area contributed by atoms with Gasteiger partial charge in [0.1, 0.15) is 10.8 Å². The summed E-state index contributed by atoms with van der Waals surface area (Å²) in [6.45, 7) is 3.38. The third-order valence-corrected chi connectivity index (χ3v) is 4.27. The first kappa shape index (κ1) is 13.2. The molecule has 4 heteroatoms. The fourth-order valence-electron chi connectivity index (χ4n) is 2.16. The molecule has 0 spiro atoms. The number of rotatable bonds is 4. The van der Waals surface area contributed by atoms with Gasteiger partial charge in [-0.05, 0) is 42.3 Å². The summed E-state index contributed by atoms with van der Waals surface area (Å²) in [6.07, 6.45) is 0. The summed E-state index contributed by atoms with van der Waals surface area (Å²) in [5, 5.41) is 4.44. The van der Waals surface area contributed by atoms with Crippen molar-refractivity contribution in [1.82, 2.24) is 10.3 Å². The molecule has 2 aromatic carbocycles. The summed E-state index contributed by atoms with van der Waals surface area (Å²) in [7, 11) is 0. The summed E-state index contributed by atoms with van der Waals surface area (Å²) < 4.78 is 14.2. The van der Waals surface area contributed by atoms with Gasteiger partial charge in [0.2, 0.25) is 0 Å². The second-order valence-electron chi connectivity index (χ2n) is 4.75. The van der Waals surface area contributed by atoms with Gasteiger partial charge >= 0.3 is 0 Å². The monoisotopic (exact) mass is 286 g/mol. The molecule has 0 aliphatic carbocycles. The van der Waals surface area contributed by atoms with E-state index in [0.717, 1.165) is 34.7 Å². The molecule has 1 aromatic heterocycles. The first-order valence-electron chi connectivity index (χ1n) is 6.52. The van der Waals surface area contributed by atoms with Crippen LogP contribution in [-0.4, -0.2) is 4.98 Å². The average Bonchev–Trinajstić information content (AvgIpc) is 2.84. The van der Waals surface area contributed by atoms with Crippen molar-refractivity contribution in [2.75, 3.05) is 0 Å². The van der Waals surface area contributed by atoms with Gasteiger partial charge in [0.15, 0.2) is 0 Å². The Morgan fingerprint density at radius 1 is 1.15 bits per heavy atom. The molecule has 0 saturated carbocycles. The van der Waals surface area contributed by atoms with Gasteiger partial charge in [0.05, 0.1) is 10.2 Å². The van der Waals surface area contributed by atoms with Crippen molar-refractivity contribution in [3.8, 4) is 0 Å². The minimum atomic E-state index is -0.183. The average molecular weight is 286 g/mol. The van der Waals surface area contributed by atoms with E-state index in [9.17, 15) is 4.39 Å². The Balaban J connectivity index is 1.64. The molecule has 0 radical (unpaired) electrons. The lowest BCUT2D eigenvalue weighted by atomic mass is 10.1. The zero-order chi connectivity index (χ0) is 13.9. The molecule has 3 aromatic rings. The van der Waals surface area contributed by atoms with Crippen LogP contribution in [0.2, 0.25) is 0 Å². The van der Waals surface area contributed by atoms with Gasteiger partial charge < -0.3 is 5.32 Å². The number of halogens is 1. The third-order valence-electron chi connectivity index (χ3n) is 3.23. The maximum atomic E-state index is 13.0. The number of aryl methyl sites for hydroxylation is 1. The normalized spacial score (nSPS) is 11.1. The van der Waals surface area contributed by atoms with Crippen LogP contribution in [0.3, 0.4) is 0 Å². The molecule has 1 N–H and O–H groups in total. The van der Waals surface area contributed by atoms with Crippen LogP contribution in [0.1, 0.15) is 16.1 Å². The zero-order valence-corrected chi connectivity index (χ0v) is 12.0. The molecule has 0 fully saturated rings. The van der Waals surface area contributed by atoms with Crippen LogP contribution in [-0.2, 0) is 13.1 Å². The number of thiazole rings is 1. The molecular weight excluding hydrogens is 271 g/mol. The van der Waals surface area contributed by atoms with Gasteiger partial charge in [-0.3, -0.25) is 0 Å². The largest absolute Gasteiger partial charge is 0.306 e. The Labute approximate surface area is 121 Å². The van der Waals surface area contributed by atoms with E-state index in [1.54, 1.807) is 17.4 Å². The van der Waals surface area contributed by atoms with Crippen LogP contribution < -0.4 is 5.32 Å². The van der Waals surface area contributed by atoms with Crippen molar-refractivity contribution >= 4 is 21.6 Å². The van der Waals surface area contributed by atoms with Crippen molar-refractivity contribution in [2.45, 2.75) is 20.0 Å². The molecule has 2 nitrogen and oxygen atoms in total. The highest BCUT2D eigenvalue weighted by Gasteiger charge is 2.04. The predicted octanol–water partition coefficient (Wildman–Crippen LogP) is 4.03. The second kappa shape index (κ2) is 5.69. The lowest BCUT2D eigenvalue weighted by Gasteiger charge is -2.06. The molecular formula is C16H15FN2S. The summed E-state index contributed by atoms with van der Waals surface area (Å²) in [5.74, 6) is -0.183. The molecule has 3 rings (SSSR count). The number of benzene rings is 2. The highest BCUT2D eigenvalue weighted by atomic mass is 32.1. The Hall–Kier alpha value is -1.78. The van der Waals surface area contributed by atoms with E-state index in [4.69, 9.17) is 0 Å². The summed E-state index contributed by atoms with van der Waals surface area (Å²) >= 11 is 1.71. The van der Waals surface area contributed by atoms with E-state index in [-0.39, 0.29) is 5.82 Å². The molecule has 20 heavy (non-hydrogen) atoms. The Bertz CT molecular complexity index is 703. The number of nitrogens with zero attached hydrogens (tertiary/aromatic N) is 1. The molecule has 0 aliphatic rings. The van der Waals surface area contributed by atoms with Gasteiger partial charge in [0.25, 0.3) is 0 Å². The number of hydrogen-bond donors (Lipinski definition) is 1. The van der Waals surface area contributed by atoms with Gasteiger partial charge in [-0.15, -0.1) is 11.3 Å². The fraction of sp³-hybridized carbons (Fsp3) is 0.188. The van der Waals surface area contributed by atoms with Crippen LogP contribution >= 0.6 is 11.3 Å². The van der Waals surface area contributed by atoms with Crippen molar-refractivity contribution in [3.05, 3.63) is 64.4 Å². The van der Waals surface area contributed by atoms with Crippen LogP contribution in [0.25, 0.3) is 10.2 Å². The van der Waals surface area contributed by atoms with Gasteiger partial charge in [-0.1, -0.05) is 18.2 Å². The standard InChI is InChI=1S/C16H15FN2S/c1-11-8-13(17)7-6-12(11)9-18-10-16-19-14-4-2-3-5-15(14)20-16/h2-8,18H,9-10H2,1H3. The van der Waals surface area contributed by atoms with Gasteiger partial charge in [-0.2, -0.15) is 0 Å². The molecule has 0 bridgehead atoms. The topological polar surface area (TPSA) is 24.9 Å². The van der Waals surface area contributed by atoms with Crippen molar-refractivity contribution < 1.29 is 4.39 Å². The molecule has 1 heterocycles. The molecule has 0 aliphatic heterocycles. The minimum absolute atomic E-state index is 0.183. The highest BCUT2D eigenvalue weighted by Crippen LogP contribution is 2.21. The predicted molar refractivity (Wildman–Crippen MR) is 81.3 cm³/mol. The summed E-state index contributed by atoms with van der Waals surface area (Å²) in [6, 6.07) is 13.0. The first-order valence-corrected chi connectivity index (χ1v) is 7.34. The Kier molecular flexibility index (Phi) is 3.76. The van der Waals surface area contributed by atoms with Crippen LogP contribution in [0.5, 0.6) is 0 Å². The molecule has 0 amide bonds. The van der Waals surface area contributed by atoms with Crippen LogP contribution in [0.4, 0.5) is 4.39 Å². The maximum Gasteiger partial charge on any atom is 0.123 e. The quantitative estimate of drug-likeness (QED) is 0.783. The van der Waals surface area contributed by atoms with Crippen LogP contribution in [0.15, 0.2) is 42.5 Å². The van der Waals surface area contributed by atoms with E-state index in [2.05, 4.69) is 16.4 Å². The SMILES string of the molecule is Cc1cc(F)ccc1CNCc1nc2ccccc2s1. The lowest BCUT2D eigenvalue weighted by Crippen LogP contribution is -2.13. The Morgan fingerprint density at radius 2 is 2.00 bits per heavy atom. The number of aromatic nitrogens is 1. The molecule has 102 valence electrons. The van der Waals surface area contributed by atoms with E-state index in [0.29, 0.717) is 0 Å². The van der Waals surface area contributed by atoms with Crippen molar-refractivity contribution in [3.63, 3.8) is 0 Å². The third kappa shape index (κ3) is 2.86. The lowest BCUT2D eigenvalue weighted by molar-refractivity contribution is 0.623. The Morgan fingerprint density at radius 3 is 2.80 bits per heavy atom. The summed E-state index contributed by atoms with van der Waals surface area (Å²) in [4.78, 5) is 4.58. The van der Waals surface area contributed by atoms with Crippen LogP contribution in [0, 0.1) is 12.7 Å². The number of fused-ring (bicyclic) bond motifs is 1.